The minimum Gasteiger partial charge on any atom is -0.507 e. The van der Waals surface area contributed by atoms with Crippen LogP contribution in [0.5, 0.6) is 23.0 Å². The maximum Gasteiger partial charge on any atom is 0.335 e. The van der Waals surface area contributed by atoms with Crippen molar-refractivity contribution in [2.24, 2.45) is 0 Å². The van der Waals surface area contributed by atoms with Crippen molar-refractivity contribution in [2.75, 3.05) is 0 Å². The monoisotopic (exact) mass is 916 g/mol. The van der Waals surface area contributed by atoms with Crippen molar-refractivity contribution in [1.29, 1.82) is 0 Å². The van der Waals surface area contributed by atoms with Gasteiger partial charge in [-0.3, -0.25) is 0 Å². The molecule has 8 nitrogen and oxygen atoms in total. The van der Waals surface area contributed by atoms with Crippen LogP contribution in [0.25, 0.3) is 0 Å². The highest BCUT2D eigenvalue weighted by Crippen LogP contribution is 2.44. The Labute approximate surface area is 402 Å². The van der Waals surface area contributed by atoms with E-state index in [0.29, 0.717) is 37.2 Å². The fourth-order valence-electron chi connectivity index (χ4n) is 8.81. The number of aromatic carboxylic acids is 2. The van der Waals surface area contributed by atoms with Crippen molar-refractivity contribution in [3.63, 3.8) is 0 Å². The van der Waals surface area contributed by atoms with Crippen LogP contribution in [-0.4, -0.2) is 32.4 Å². The van der Waals surface area contributed by atoms with E-state index >= 15 is 0 Å². The Hall–Kier alpha value is -6.54. The first-order valence-electron chi connectivity index (χ1n) is 23.6. The zero-order valence-electron chi connectivity index (χ0n) is 41.9. The van der Waals surface area contributed by atoms with Gasteiger partial charge in [0.15, 0.2) is 0 Å². The third-order valence-electron chi connectivity index (χ3n) is 13.2. The summed E-state index contributed by atoms with van der Waals surface area (Å²) in [5, 5.41) is 44.5. The van der Waals surface area contributed by atoms with Crippen molar-refractivity contribution in [1.82, 2.24) is 0 Å². The van der Waals surface area contributed by atoms with Gasteiger partial charge in [-0.05, 0) is 124 Å². The molecular weight excluding hydrogens is 849 g/mol. The molecule has 0 unspecified atom stereocenters. The molecule has 356 valence electrons. The van der Waals surface area contributed by atoms with Crippen molar-refractivity contribution >= 4 is 11.9 Å². The van der Waals surface area contributed by atoms with Crippen LogP contribution in [0.15, 0.2) is 97.1 Å². The smallest absolute Gasteiger partial charge is 0.335 e. The van der Waals surface area contributed by atoms with Crippen LogP contribution in [0.1, 0.15) is 182 Å². The minimum absolute atomic E-state index is 0.171. The van der Waals surface area contributed by atoms with Crippen LogP contribution < -0.4 is 9.47 Å². The van der Waals surface area contributed by atoms with Gasteiger partial charge >= 0.3 is 11.9 Å². The highest BCUT2D eigenvalue weighted by molar-refractivity contribution is 5.88. The molecule has 1 aliphatic rings. The molecule has 0 aromatic heterocycles. The molecular formula is C60H68O8. The molecule has 0 heterocycles. The van der Waals surface area contributed by atoms with E-state index in [-0.39, 0.29) is 57.5 Å². The third kappa shape index (κ3) is 11.1. The topological polar surface area (TPSA) is 134 Å². The molecule has 0 spiro atoms. The predicted octanol–water partition coefficient (Wildman–Crippen LogP) is 13.5. The first-order valence-corrected chi connectivity index (χ1v) is 23.6. The molecule has 0 saturated heterocycles. The van der Waals surface area contributed by atoms with Crippen LogP contribution in [0, 0.1) is 0 Å². The Bertz CT molecular complexity index is 2580. The van der Waals surface area contributed by atoms with E-state index in [9.17, 15) is 30.0 Å². The number of aromatic hydroxyl groups is 2. The Morgan fingerprint density at radius 3 is 0.824 bits per heavy atom. The Balaban J connectivity index is 1.52. The summed E-state index contributed by atoms with van der Waals surface area (Å²) in [7, 11) is 0. The van der Waals surface area contributed by atoms with Crippen LogP contribution in [0.3, 0.4) is 0 Å². The van der Waals surface area contributed by atoms with Crippen LogP contribution in [-0.2, 0) is 60.6 Å². The number of carboxylic acid groups (broad SMARTS) is 2. The highest BCUT2D eigenvalue weighted by Gasteiger charge is 2.29. The standard InChI is InChI=1S/C60H68O8/c1-57(2,3)47-25-39-21-43-29-49(59(7,8)9)31-45(53(43)67-33-35-13-17-37(18-14-35)55(63)64)23-41-27-48(58(4,5)6)28-42(52(41)62)24-46-32-50(60(10,11)12)30-44(22-40(26-47)51(39)61)54(46)68-34-36-15-19-38(20-16-36)56(65)66/h13-20,25-32,61-62H,21-24,33-34H2,1-12H3,(H,63,64)(H,65,66). The molecule has 0 atom stereocenters. The second kappa shape index (κ2) is 18.5. The molecule has 68 heavy (non-hydrogen) atoms. The van der Waals surface area contributed by atoms with E-state index in [1.54, 1.807) is 48.5 Å². The normalized spacial score (nSPS) is 13.2. The molecule has 0 aliphatic heterocycles. The number of benzene rings is 6. The summed E-state index contributed by atoms with van der Waals surface area (Å²) in [6.07, 6.45) is 1.37. The zero-order valence-corrected chi connectivity index (χ0v) is 41.9. The number of phenols is 2. The number of phenolic OH excluding ortho intramolecular Hbond substituents is 2. The Morgan fingerprint density at radius 2 is 0.618 bits per heavy atom. The lowest BCUT2D eigenvalue weighted by atomic mass is 9.79. The van der Waals surface area contributed by atoms with Gasteiger partial charge in [0.1, 0.15) is 36.2 Å². The first-order chi connectivity index (χ1) is 31.6. The fraction of sp³-hybridized carbons (Fsp3) is 0.367. The summed E-state index contributed by atoms with van der Waals surface area (Å²) in [5.41, 5.74) is 11.8. The van der Waals surface area contributed by atoms with Gasteiger partial charge in [0.05, 0.1) is 11.1 Å². The Morgan fingerprint density at radius 1 is 0.397 bits per heavy atom. The molecule has 8 bridgehead atoms. The van der Waals surface area contributed by atoms with Crippen molar-refractivity contribution < 1.29 is 39.5 Å². The number of carbonyl (C=O) groups is 2. The molecule has 6 aromatic rings. The molecule has 6 aromatic carbocycles. The van der Waals surface area contributed by atoms with Gasteiger partial charge in [0.25, 0.3) is 0 Å². The van der Waals surface area contributed by atoms with E-state index in [0.717, 1.165) is 77.9 Å². The number of ether oxygens (including phenoxy) is 2. The molecule has 0 radical (unpaired) electrons. The quantitative estimate of drug-likeness (QED) is 0.118. The van der Waals surface area contributed by atoms with Gasteiger partial charge in [-0.1, -0.05) is 156 Å². The maximum absolute atomic E-state index is 12.6. The minimum atomic E-state index is -0.997. The average molecular weight is 917 g/mol. The Kier molecular flexibility index (Phi) is 13.4. The van der Waals surface area contributed by atoms with Gasteiger partial charge in [-0.2, -0.15) is 0 Å². The largest absolute Gasteiger partial charge is 0.507 e. The number of fused-ring (bicyclic) bond motifs is 8. The lowest BCUT2D eigenvalue weighted by molar-refractivity contribution is 0.0686. The van der Waals surface area contributed by atoms with Gasteiger partial charge in [-0.25, -0.2) is 9.59 Å². The number of carboxylic acids is 2. The van der Waals surface area contributed by atoms with Crippen molar-refractivity contribution in [3.8, 4) is 23.0 Å². The summed E-state index contributed by atoms with van der Waals surface area (Å²) >= 11 is 0. The predicted molar refractivity (Wildman–Crippen MR) is 271 cm³/mol. The van der Waals surface area contributed by atoms with Gasteiger partial charge in [0, 0.05) is 25.7 Å². The molecule has 8 heteroatoms. The lowest BCUT2D eigenvalue weighted by Gasteiger charge is -2.28. The molecule has 7 rings (SSSR count). The van der Waals surface area contributed by atoms with Gasteiger partial charge < -0.3 is 29.9 Å². The number of hydrogen-bond acceptors (Lipinski definition) is 6. The summed E-state index contributed by atoms with van der Waals surface area (Å²) in [4.78, 5) is 23.4. The maximum atomic E-state index is 12.6. The fourth-order valence-corrected chi connectivity index (χ4v) is 8.81. The number of rotatable bonds is 8. The van der Waals surface area contributed by atoms with Gasteiger partial charge in [-0.15, -0.1) is 0 Å². The molecule has 0 amide bonds. The molecule has 1 aliphatic carbocycles. The summed E-state index contributed by atoms with van der Waals surface area (Å²) in [6, 6.07) is 30.6. The van der Waals surface area contributed by atoms with Gasteiger partial charge in [0.2, 0.25) is 0 Å². The number of hydrogen-bond donors (Lipinski definition) is 4. The van der Waals surface area contributed by atoms with Crippen LogP contribution >= 0.6 is 0 Å². The first kappa shape index (κ1) is 49.4. The van der Waals surface area contributed by atoms with Crippen molar-refractivity contribution in [3.05, 3.63) is 186 Å². The summed E-state index contributed by atoms with van der Waals surface area (Å²) < 4.78 is 13.8. The second-order valence-electron chi connectivity index (χ2n) is 22.8. The summed E-state index contributed by atoms with van der Waals surface area (Å²) in [6.45, 7) is 26.5. The van der Waals surface area contributed by atoms with Crippen LogP contribution in [0.4, 0.5) is 0 Å². The van der Waals surface area contributed by atoms with E-state index in [1.807, 2.05) is 0 Å². The highest BCUT2D eigenvalue weighted by atomic mass is 16.5. The lowest BCUT2D eigenvalue weighted by Crippen LogP contribution is -2.16. The SMILES string of the molecule is CC(C)(C)c1cc2c(O)c(c1)Cc1cc(C(C)(C)C)cc(c1OCc1ccc(C(=O)O)cc1)Cc1cc(C(C)(C)C)cc(c1O)Cc1cc(C(C)(C)C)cc(c1OCc1ccc(C(=O)O)cc1)C2. The summed E-state index contributed by atoms with van der Waals surface area (Å²) in [5.74, 6) is -0.295. The van der Waals surface area contributed by atoms with Crippen molar-refractivity contribution in [2.45, 2.75) is 144 Å². The second-order valence-corrected chi connectivity index (χ2v) is 22.8. The molecule has 4 N–H and O–H groups in total. The van der Waals surface area contributed by atoms with E-state index < -0.39 is 11.9 Å². The average Bonchev–Trinajstić information content (AvgIpc) is 3.24. The van der Waals surface area contributed by atoms with E-state index in [2.05, 4.69) is 132 Å². The van der Waals surface area contributed by atoms with E-state index in [1.165, 1.54) is 0 Å². The molecule has 0 fully saturated rings. The van der Waals surface area contributed by atoms with Crippen LogP contribution in [0.2, 0.25) is 0 Å². The zero-order chi connectivity index (χ0) is 49.7. The molecule has 0 saturated carbocycles. The van der Waals surface area contributed by atoms with E-state index in [4.69, 9.17) is 9.47 Å². The third-order valence-corrected chi connectivity index (χ3v) is 13.2.